The van der Waals surface area contributed by atoms with Crippen molar-refractivity contribution in [1.29, 1.82) is 0 Å². The summed E-state index contributed by atoms with van der Waals surface area (Å²) >= 11 is 5.77. The molecule has 186 valence electrons. The summed E-state index contributed by atoms with van der Waals surface area (Å²) < 4.78 is 29.6. The summed E-state index contributed by atoms with van der Waals surface area (Å²) in [5.41, 5.74) is -0.101. The van der Waals surface area contributed by atoms with Crippen molar-refractivity contribution in [3.63, 3.8) is 0 Å². The van der Waals surface area contributed by atoms with E-state index in [9.17, 15) is 28.0 Å². The molecule has 0 bridgehead atoms. The minimum Gasteiger partial charge on any atom is -0.384 e. The van der Waals surface area contributed by atoms with Crippen molar-refractivity contribution in [2.24, 2.45) is 0 Å². The van der Waals surface area contributed by atoms with E-state index in [4.69, 9.17) is 11.6 Å². The van der Waals surface area contributed by atoms with Gasteiger partial charge in [-0.1, -0.05) is 35.9 Å². The highest BCUT2D eigenvalue weighted by Gasteiger charge is 2.56. The third-order valence-corrected chi connectivity index (χ3v) is 8.12. The molecule has 2 unspecified atom stereocenters. The van der Waals surface area contributed by atoms with Crippen molar-refractivity contribution < 1.29 is 28.0 Å². The quantitative estimate of drug-likeness (QED) is 0.339. The molecule has 15 heteroatoms. The maximum atomic E-state index is 14.8. The van der Waals surface area contributed by atoms with Crippen LogP contribution >= 0.6 is 11.6 Å². The maximum Gasteiger partial charge on any atom is 0.348 e. The monoisotopic (exact) mass is 521 g/mol. The van der Waals surface area contributed by atoms with Gasteiger partial charge in [0.15, 0.2) is 0 Å². The molecular formula is C22H23B5ClF2N3O4. The van der Waals surface area contributed by atoms with E-state index in [1.54, 1.807) is 41.7 Å². The lowest BCUT2D eigenvalue weighted by Gasteiger charge is -2.50. The first-order valence-electron chi connectivity index (χ1n) is 11.9. The van der Waals surface area contributed by atoms with E-state index >= 15 is 0 Å². The minimum absolute atomic E-state index is 0.107. The zero-order valence-electron chi connectivity index (χ0n) is 21.2. The van der Waals surface area contributed by atoms with Crippen LogP contribution in [-0.2, 0) is 33.4 Å². The first kappa shape index (κ1) is 27.0. The number of rotatable bonds is 5. The van der Waals surface area contributed by atoms with Gasteiger partial charge in [0.05, 0.1) is 5.44 Å². The van der Waals surface area contributed by atoms with Crippen molar-refractivity contribution in [1.82, 2.24) is 14.5 Å². The number of carbonyl (C=O) groups excluding carboxylic acids is 4. The Bertz CT molecular complexity index is 1320. The van der Waals surface area contributed by atoms with Gasteiger partial charge < -0.3 is 14.5 Å². The number of piperidine rings is 1. The van der Waals surface area contributed by atoms with Crippen LogP contribution in [0, 0.1) is 0 Å². The molecule has 0 N–H and O–H groups in total. The predicted molar refractivity (Wildman–Crippen MR) is 147 cm³/mol. The molecule has 4 rings (SSSR count). The Morgan fingerprint density at radius 1 is 1.14 bits per heavy atom. The van der Waals surface area contributed by atoms with Gasteiger partial charge in [0.25, 0.3) is 11.8 Å². The van der Waals surface area contributed by atoms with E-state index in [1.807, 2.05) is 0 Å². The van der Waals surface area contributed by atoms with Crippen LogP contribution in [0.3, 0.4) is 0 Å². The Balaban J connectivity index is 1.55. The number of nitrogens with zero attached hydrogens (tertiary/aromatic N) is 3. The lowest BCUT2D eigenvalue weighted by Crippen LogP contribution is -2.68. The second-order valence-electron chi connectivity index (χ2n) is 10.1. The maximum absolute atomic E-state index is 14.8. The molecule has 2 aliphatic rings. The van der Waals surface area contributed by atoms with Gasteiger partial charge in [-0.25, -0.2) is 0 Å². The highest BCUT2D eigenvalue weighted by Crippen LogP contribution is 2.43. The molecule has 2 aliphatic heterocycles. The van der Waals surface area contributed by atoms with Gasteiger partial charge >= 0.3 is 5.92 Å². The van der Waals surface area contributed by atoms with Crippen molar-refractivity contribution >= 4 is 74.7 Å². The van der Waals surface area contributed by atoms with E-state index in [0.29, 0.717) is 16.7 Å². The molecule has 0 aliphatic carbocycles. The first-order valence-corrected chi connectivity index (χ1v) is 12.2. The Labute approximate surface area is 222 Å². The number of amides is 4. The van der Waals surface area contributed by atoms with Crippen LogP contribution < -0.4 is 0 Å². The summed E-state index contributed by atoms with van der Waals surface area (Å²) in [6.07, 6.45) is 0. The average Bonchev–Trinajstić information content (AvgIpc) is 3.20. The third kappa shape index (κ3) is 4.29. The number of fused-ring (bicyclic) bond motifs is 1. The molecule has 4 amide bonds. The summed E-state index contributed by atoms with van der Waals surface area (Å²) in [5, 5.41) is 0.285. The summed E-state index contributed by atoms with van der Waals surface area (Å²) in [5.74, 6) is -7.05. The van der Waals surface area contributed by atoms with Crippen LogP contribution in [-0.4, -0.2) is 83.1 Å². The highest BCUT2D eigenvalue weighted by molar-refractivity contribution is 6.47. The summed E-state index contributed by atoms with van der Waals surface area (Å²) in [6, 6.07) is 9.71. The smallest absolute Gasteiger partial charge is 0.348 e. The Morgan fingerprint density at radius 3 is 2.38 bits per heavy atom. The minimum atomic E-state index is -3.74. The topological polar surface area (TPSA) is 78.0 Å². The molecule has 3 atom stereocenters. The van der Waals surface area contributed by atoms with Gasteiger partial charge in [0.2, 0.25) is 27.8 Å². The number of benzene rings is 2. The fraction of sp³-hybridized carbons (Fsp3) is 0.273. The van der Waals surface area contributed by atoms with Crippen LogP contribution in [0.25, 0.3) is 0 Å². The lowest BCUT2D eigenvalue weighted by molar-refractivity contribution is -0.154. The highest BCUT2D eigenvalue weighted by atomic mass is 35.5. The Hall–Kier alpha value is -3.01. The van der Waals surface area contributed by atoms with Crippen LogP contribution in [0.2, 0.25) is 16.7 Å². The summed E-state index contributed by atoms with van der Waals surface area (Å²) in [7, 11) is 7.91. The van der Waals surface area contributed by atoms with Crippen molar-refractivity contribution in [3.05, 3.63) is 69.7 Å². The summed E-state index contributed by atoms with van der Waals surface area (Å²) in [6.45, 7) is 0.0201. The number of hydrogen-bond acceptors (Lipinski definition) is 4. The van der Waals surface area contributed by atoms with Crippen molar-refractivity contribution in [2.75, 3.05) is 0 Å². The molecule has 2 aromatic rings. The van der Waals surface area contributed by atoms with E-state index in [2.05, 4.69) is 0 Å². The number of alkyl halides is 2. The van der Waals surface area contributed by atoms with E-state index in [1.165, 1.54) is 33.0 Å². The molecule has 0 spiro atoms. The fourth-order valence-electron chi connectivity index (χ4n) is 5.22. The SMILES string of the molecule is BC1C(=O)N(B)C(=O)[C@](B)(N2Cc3cc(CN(B)C(=O)C(F)(F)c4ccc(Cl)cc4)ccc3C2=O)C1B. The van der Waals surface area contributed by atoms with Gasteiger partial charge in [-0.05, 0) is 35.1 Å². The van der Waals surface area contributed by atoms with E-state index in [-0.39, 0.29) is 29.9 Å². The normalized spacial score (nSPS) is 23.8. The molecular weight excluding hydrogens is 498 g/mol. The second-order valence-corrected chi connectivity index (χ2v) is 10.5. The third-order valence-electron chi connectivity index (χ3n) is 7.87. The van der Waals surface area contributed by atoms with Gasteiger partial charge in [-0.3, -0.25) is 19.2 Å². The van der Waals surface area contributed by atoms with E-state index < -0.39 is 40.4 Å². The van der Waals surface area contributed by atoms with Gasteiger partial charge in [-0.15, -0.1) is 0 Å². The zero-order valence-corrected chi connectivity index (χ0v) is 22.0. The molecule has 2 aromatic carbocycles. The average molecular weight is 521 g/mol. The largest absolute Gasteiger partial charge is 0.384 e. The van der Waals surface area contributed by atoms with Crippen LogP contribution in [0.1, 0.15) is 27.0 Å². The number of imide groups is 1. The Kier molecular flexibility index (Phi) is 6.86. The number of halogens is 3. The molecule has 0 saturated carbocycles. The van der Waals surface area contributed by atoms with Crippen molar-refractivity contribution in [2.45, 2.75) is 36.1 Å². The van der Waals surface area contributed by atoms with Gasteiger partial charge in [0.1, 0.15) is 23.5 Å². The first-order chi connectivity index (χ1) is 17.2. The van der Waals surface area contributed by atoms with Crippen LogP contribution in [0.5, 0.6) is 0 Å². The molecule has 1 saturated heterocycles. The molecule has 2 heterocycles. The fourth-order valence-corrected chi connectivity index (χ4v) is 5.34. The molecule has 0 radical (unpaired) electrons. The number of hydrogen-bond donors (Lipinski definition) is 0. The van der Waals surface area contributed by atoms with Gasteiger partial charge in [-0.2, -0.15) is 8.78 Å². The predicted octanol–water partition coefficient (Wildman–Crippen LogP) is -1.95. The second kappa shape index (κ2) is 9.38. The molecule has 1 fully saturated rings. The van der Waals surface area contributed by atoms with Crippen molar-refractivity contribution in [3.8, 4) is 0 Å². The zero-order chi connectivity index (χ0) is 27.4. The lowest BCUT2D eigenvalue weighted by atomic mass is 9.48. The van der Waals surface area contributed by atoms with Crippen LogP contribution in [0.15, 0.2) is 42.5 Å². The molecule has 0 aromatic heterocycles. The summed E-state index contributed by atoms with van der Waals surface area (Å²) in [4.78, 5) is 55.1. The molecule has 7 nitrogen and oxygen atoms in total. The van der Waals surface area contributed by atoms with Gasteiger partial charge in [0, 0.05) is 35.1 Å². The standard InChI is InChI=1S/C22H23B5ClF2N3O4/c23-15-16(24)21(25,19(36)33(27)18(15)35)31-9-11-7-10(1-6-14(11)17(31)34)8-32(26)20(37)22(29,30)12-2-4-13(28)5-3-12/h1-7,15-16H,8-9,23-27H2/t15?,16?,21-/m1/s1. The van der Waals surface area contributed by atoms with E-state index in [0.717, 1.165) is 21.8 Å². The number of carbonyl (C=O) groups is 4. The Morgan fingerprint density at radius 2 is 1.76 bits per heavy atom. The van der Waals surface area contributed by atoms with Crippen LogP contribution in [0.4, 0.5) is 8.78 Å². The molecule has 37 heavy (non-hydrogen) atoms.